The first-order valence-electron chi connectivity index (χ1n) is 8.95. The maximum Gasteiger partial charge on any atom is 0.343 e. The third-order valence-electron chi connectivity index (χ3n) is 3.74. The van der Waals surface area contributed by atoms with Crippen LogP contribution in [0.3, 0.4) is 0 Å². The number of rotatable bonds is 10. The predicted molar refractivity (Wildman–Crippen MR) is 108 cm³/mol. The number of esters is 2. The second-order valence-electron chi connectivity index (χ2n) is 5.89. The number of halogens is 1. The van der Waals surface area contributed by atoms with Crippen molar-refractivity contribution in [3.63, 3.8) is 0 Å². The van der Waals surface area contributed by atoms with Crippen molar-refractivity contribution in [2.75, 3.05) is 26.9 Å². The van der Waals surface area contributed by atoms with Crippen LogP contribution in [0.1, 0.15) is 40.5 Å². The fourth-order valence-corrected chi connectivity index (χ4v) is 2.69. The minimum Gasteiger partial charge on any atom is -0.490 e. The minimum absolute atomic E-state index is 0.339. The summed E-state index contributed by atoms with van der Waals surface area (Å²) in [5.74, 6) is 0.0490. The first kappa shape index (κ1) is 21.9. The number of methoxy groups -OCH3 is 1. The zero-order chi connectivity index (χ0) is 20.4. The minimum atomic E-state index is -0.512. The highest BCUT2D eigenvalue weighted by atomic mass is 79.9. The zero-order valence-corrected chi connectivity index (χ0v) is 17.5. The SMILES string of the molecule is CCCCOC(=O)c1ccc(OC(=O)c2ccc(OCCOC)c(Br)c2)cc1. The van der Waals surface area contributed by atoms with Gasteiger partial charge in [0.2, 0.25) is 0 Å². The predicted octanol–water partition coefficient (Wildman–Crippen LogP) is 4.65. The second kappa shape index (κ2) is 11.5. The van der Waals surface area contributed by atoms with E-state index in [0.717, 1.165) is 12.8 Å². The Kier molecular flexibility index (Phi) is 8.97. The summed E-state index contributed by atoms with van der Waals surface area (Å²) >= 11 is 3.38. The largest absolute Gasteiger partial charge is 0.490 e. The molecule has 0 bridgehead atoms. The van der Waals surface area contributed by atoms with Crippen LogP contribution in [0.5, 0.6) is 11.5 Å². The highest BCUT2D eigenvalue weighted by Crippen LogP contribution is 2.26. The van der Waals surface area contributed by atoms with E-state index in [1.54, 1.807) is 49.6 Å². The summed E-state index contributed by atoms with van der Waals surface area (Å²) < 4.78 is 21.6. The van der Waals surface area contributed by atoms with E-state index in [0.29, 0.717) is 46.9 Å². The zero-order valence-electron chi connectivity index (χ0n) is 15.9. The standard InChI is InChI=1S/C21H23BrO6/c1-3-4-11-27-20(23)15-5-8-17(9-6-15)28-21(24)16-7-10-19(18(22)14-16)26-13-12-25-2/h5-10,14H,3-4,11-13H2,1-2H3. The highest BCUT2D eigenvalue weighted by molar-refractivity contribution is 9.10. The maximum atomic E-state index is 12.3. The van der Waals surface area contributed by atoms with Crippen LogP contribution in [0.15, 0.2) is 46.9 Å². The van der Waals surface area contributed by atoms with E-state index in [2.05, 4.69) is 15.9 Å². The average Bonchev–Trinajstić information content (AvgIpc) is 2.70. The number of benzene rings is 2. The van der Waals surface area contributed by atoms with Crippen molar-refractivity contribution in [1.29, 1.82) is 0 Å². The molecule has 0 saturated heterocycles. The lowest BCUT2D eigenvalue weighted by molar-refractivity contribution is 0.0499. The molecule has 0 aliphatic rings. The summed E-state index contributed by atoms with van der Waals surface area (Å²) in [7, 11) is 1.60. The third kappa shape index (κ3) is 6.65. The van der Waals surface area contributed by atoms with E-state index in [9.17, 15) is 9.59 Å². The highest BCUT2D eigenvalue weighted by Gasteiger charge is 2.13. The van der Waals surface area contributed by atoms with Gasteiger partial charge in [0.25, 0.3) is 0 Å². The van der Waals surface area contributed by atoms with Gasteiger partial charge in [0.05, 0.1) is 28.8 Å². The monoisotopic (exact) mass is 450 g/mol. The van der Waals surface area contributed by atoms with E-state index in [1.807, 2.05) is 6.92 Å². The molecule has 2 aromatic carbocycles. The Bertz CT molecular complexity index is 788. The summed E-state index contributed by atoms with van der Waals surface area (Å²) in [4.78, 5) is 24.2. The third-order valence-corrected chi connectivity index (χ3v) is 4.36. The molecule has 0 unspecified atom stereocenters. The summed E-state index contributed by atoms with van der Waals surface area (Å²) in [6, 6.07) is 11.2. The van der Waals surface area contributed by atoms with Gasteiger partial charge in [-0.05, 0) is 64.8 Å². The van der Waals surface area contributed by atoms with Crippen LogP contribution < -0.4 is 9.47 Å². The van der Waals surface area contributed by atoms with Crippen molar-refractivity contribution in [3.8, 4) is 11.5 Å². The lowest BCUT2D eigenvalue weighted by atomic mass is 10.2. The number of carbonyl (C=O) groups excluding carboxylic acids is 2. The molecule has 0 heterocycles. The molecule has 0 spiro atoms. The van der Waals surface area contributed by atoms with E-state index in [1.165, 1.54) is 0 Å². The fraction of sp³-hybridized carbons (Fsp3) is 0.333. The Balaban J connectivity index is 1.95. The summed E-state index contributed by atoms with van der Waals surface area (Å²) in [5, 5.41) is 0. The molecule has 2 rings (SSSR count). The van der Waals surface area contributed by atoms with Gasteiger partial charge in [-0.3, -0.25) is 0 Å². The number of hydrogen-bond donors (Lipinski definition) is 0. The van der Waals surface area contributed by atoms with E-state index in [-0.39, 0.29) is 5.97 Å². The Morgan fingerprint density at radius 3 is 2.29 bits per heavy atom. The number of carbonyl (C=O) groups is 2. The molecule has 7 heteroatoms. The Morgan fingerprint density at radius 2 is 1.64 bits per heavy atom. The van der Waals surface area contributed by atoms with Crippen LogP contribution in [0.2, 0.25) is 0 Å². The van der Waals surface area contributed by atoms with Gasteiger partial charge < -0.3 is 18.9 Å². The maximum absolute atomic E-state index is 12.3. The lowest BCUT2D eigenvalue weighted by Crippen LogP contribution is -2.10. The normalized spacial score (nSPS) is 10.4. The number of ether oxygens (including phenoxy) is 4. The molecule has 0 aliphatic carbocycles. The summed E-state index contributed by atoms with van der Waals surface area (Å²) in [5.41, 5.74) is 0.783. The molecule has 2 aromatic rings. The number of hydrogen-bond acceptors (Lipinski definition) is 6. The quantitative estimate of drug-likeness (QED) is 0.298. The Morgan fingerprint density at radius 1 is 0.929 bits per heavy atom. The molecular formula is C21H23BrO6. The van der Waals surface area contributed by atoms with Crippen molar-refractivity contribution in [1.82, 2.24) is 0 Å². The number of unbranched alkanes of at least 4 members (excludes halogenated alkanes) is 1. The van der Waals surface area contributed by atoms with Crippen molar-refractivity contribution in [2.24, 2.45) is 0 Å². The van der Waals surface area contributed by atoms with Crippen LogP contribution in [-0.2, 0) is 9.47 Å². The smallest absolute Gasteiger partial charge is 0.343 e. The first-order valence-corrected chi connectivity index (χ1v) is 9.75. The molecule has 0 aliphatic heterocycles. The molecule has 0 amide bonds. The first-order chi connectivity index (χ1) is 13.5. The lowest BCUT2D eigenvalue weighted by Gasteiger charge is -2.10. The van der Waals surface area contributed by atoms with Gasteiger partial charge in [0, 0.05) is 7.11 Å². The molecule has 0 aromatic heterocycles. The summed E-state index contributed by atoms with van der Waals surface area (Å²) in [6.45, 7) is 3.30. The van der Waals surface area contributed by atoms with Gasteiger partial charge in [-0.25, -0.2) is 9.59 Å². The molecule has 150 valence electrons. The van der Waals surface area contributed by atoms with Gasteiger partial charge >= 0.3 is 11.9 Å². The van der Waals surface area contributed by atoms with E-state index >= 15 is 0 Å². The molecule has 0 fully saturated rings. The van der Waals surface area contributed by atoms with Crippen LogP contribution in [0, 0.1) is 0 Å². The van der Waals surface area contributed by atoms with Crippen molar-refractivity contribution < 1.29 is 28.5 Å². The molecule has 0 N–H and O–H groups in total. The molecule has 0 saturated carbocycles. The molecule has 28 heavy (non-hydrogen) atoms. The van der Waals surface area contributed by atoms with Crippen LogP contribution in [0.4, 0.5) is 0 Å². The van der Waals surface area contributed by atoms with Gasteiger partial charge in [-0.2, -0.15) is 0 Å². The van der Waals surface area contributed by atoms with E-state index < -0.39 is 5.97 Å². The van der Waals surface area contributed by atoms with Crippen molar-refractivity contribution >= 4 is 27.9 Å². The molecule has 0 radical (unpaired) electrons. The molecular weight excluding hydrogens is 428 g/mol. The topological polar surface area (TPSA) is 71.1 Å². The van der Waals surface area contributed by atoms with Gasteiger partial charge in [0.15, 0.2) is 0 Å². The van der Waals surface area contributed by atoms with Crippen molar-refractivity contribution in [2.45, 2.75) is 19.8 Å². The molecule has 0 atom stereocenters. The summed E-state index contributed by atoms with van der Waals surface area (Å²) in [6.07, 6.45) is 1.78. The van der Waals surface area contributed by atoms with Crippen LogP contribution in [-0.4, -0.2) is 38.9 Å². The Hall–Kier alpha value is -2.38. The van der Waals surface area contributed by atoms with Gasteiger partial charge in [-0.1, -0.05) is 13.3 Å². The van der Waals surface area contributed by atoms with Crippen LogP contribution in [0.25, 0.3) is 0 Å². The second-order valence-corrected chi connectivity index (χ2v) is 6.74. The Labute approximate surface area is 172 Å². The molecule has 6 nitrogen and oxygen atoms in total. The van der Waals surface area contributed by atoms with Gasteiger partial charge in [0.1, 0.15) is 18.1 Å². The van der Waals surface area contributed by atoms with E-state index in [4.69, 9.17) is 18.9 Å². The fourth-order valence-electron chi connectivity index (χ4n) is 2.20. The average molecular weight is 451 g/mol. The van der Waals surface area contributed by atoms with Crippen molar-refractivity contribution in [3.05, 3.63) is 58.1 Å². The van der Waals surface area contributed by atoms with Gasteiger partial charge in [-0.15, -0.1) is 0 Å². The van der Waals surface area contributed by atoms with Crippen LogP contribution >= 0.6 is 15.9 Å².